The van der Waals surface area contributed by atoms with Crippen molar-refractivity contribution in [2.45, 2.75) is 12.5 Å². The predicted molar refractivity (Wildman–Crippen MR) is 98.9 cm³/mol. The first-order valence-corrected chi connectivity index (χ1v) is 8.50. The number of amides is 1. The van der Waals surface area contributed by atoms with Gasteiger partial charge in [0.15, 0.2) is 0 Å². The topological polar surface area (TPSA) is 64.6 Å². The summed E-state index contributed by atoms with van der Waals surface area (Å²) >= 11 is 6.00. The second-order valence-electron chi connectivity index (χ2n) is 5.86. The van der Waals surface area contributed by atoms with Crippen LogP contribution in [-0.2, 0) is 14.3 Å². The van der Waals surface area contributed by atoms with Crippen LogP contribution in [0.4, 0.5) is 0 Å². The van der Waals surface area contributed by atoms with Crippen molar-refractivity contribution < 1.29 is 19.1 Å². The number of ether oxygens (including phenoxy) is 2. The Hall–Kier alpha value is -2.79. The second kappa shape index (κ2) is 8.06. The fourth-order valence-electron chi connectivity index (χ4n) is 2.72. The lowest BCUT2D eigenvalue weighted by Gasteiger charge is -2.22. The van der Waals surface area contributed by atoms with Crippen LogP contribution < -0.4 is 10.1 Å². The highest BCUT2D eigenvalue weighted by atomic mass is 35.5. The van der Waals surface area contributed by atoms with Gasteiger partial charge in [0, 0.05) is 10.6 Å². The van der Waals surface area contributed by atoms with Gasteiger partial charge in [0.25, 0.3) is 5.91 Å². The van der Waals surface area contributed by atoms with Crippen LogP contribution >= 0.6 is 11.6 Å². The minimum absolute atomic E-state index is 0.0445. The van der Waals surface area contributed by atoms with Gasteiger partial charge in [0.05, 0.1) is 25.1 Å². The van der Waals surface area contributed by atoms with Crippen LogP contribution in [0.15, 0.2) is 54.1 Å². The normalized spacial score (nSPS) is 13.7. The summed E-state index contributed by atoms with van der Waals surface area (Å²) in [7, 11) is 1.32. The number of fused-ring (bicyclic) bond motifs is 1. The molecule has 0 aliphatic carbocycles. The minimum atomic E-state index is -0.488. The van der Waals surface area contributed by atoms with Crippen molar-refractivity contribution in [2.24, 2.45) is 0 Å². The molecule has 3 rings (SSSR count). The van der Waals surface area contributed by atoms with Crippen molar-refractivity contribution in [1.29, 1.82) is 0 Å². The molecule has 1 N–H and O–H groups in total. The van der Waals surface area contributed by atoms with E-state index in [0.717, 1.165) is 11.1 Å². The molecule has 2 aromatic carbocycles. The Morgan fingerprint density at radius 3 is 2.73 bits per heavy atom. The molecule has 26 heavy (non-hydrogen) atoms. The summed E-state index contributed by atoms with van der Waals surface area (Å²) < 4.78 is 10.4. The number of halogens is 1. The molecule has 0 saturated carbocycles. The first kappa shape index (κ1) is 18.0. The number of hydrogen-bond acceptors (Lipinski definition) is 4. The molecular formula is C20H18ClNO4. The lowest BCUT2D eigenvalue weighted by Crippen LogP contribution is -2.33. The van der Waals surface area contributed by atoms with Gasteiger partial charge in [0.1, 0.15) is 12.4 Å². The quantitative estimate of drug-likeness (QED) is 0.816. The number of esters is 1. The first-order valence-electron chi connectivity index (χ1n) is 8.12. The molecule has 1 atom stereocenters. The lowest BCUT2D eigenvalue weighted by molar-refractivity contribution is -0.141. The largest absolute Gasteiger partial charge is 0.488 e. The Kier molecular flexibility index (Phi) is 5.58. The molecule has 1 amide bonds. The Morgan fingerprint density at radius 2 is 2.00 bits per heavy atom. The van der Waals surface area contributed by atoms with Crippen LogP contribution in [0.3, 0.4) is 0 Å². The van der Waals surface area contributed by atoms with Crippen molar-refractivity contribution in [2.75, 3.05) is 13.7 Å². The van der Waals surface area contributed by atoms with Gasteiger partial charge in [-0.25, -0.2) is 0 Å². The molecule has 0 bridgehead atoms. The molecule has 0 fully saturated rings. The van der Waals surface area contributed by atoms with E-state index in [9.17, 15) is 9.59 Å². The first-order chi connectivity index (χ1) is 12.6. The highest BCUT2D eigenvalue weighted by Gasteiger charge is 2.23. The van der Waals surface area contributed by atoms with E-state index < -0.39 is 12.0 Å². The van der Waals surface area contributed by atoms with Crippen molar-refractivity contribution in [3.8, 4) is 5.75 Å². The minimum Gasteiger partial charge on any atom is -0.488 e. The molecule has 134 valence electrons. The zero-order valence-corrected chi connectivity index (χ0v) is 15.0. The molecule has 6 heteroatoms. The van der Waals surface area contributed by atoms with E-state index in [4.69, 9.17) is 21.1 Å². The third-order valence-corrected chi connectivity index (χ3v) is 4.32. The fourth-order valence-corrected chi connectivity index (χ4v) is 2.90. The van der Waals surface area contributed by atoms with E-state index >= 15 is 0 Å². The van der Waals surface area contributed by atoms with Crippen LogP contribution in [0.1, 0.15) is 23.6 Å². The summed E-state index contributed by atoms with van der Waals surface area (Å²) in [4.78, 5) is 24.4. The van der Waals surface area contributed by atoms with E-state index in [-0.39, 0.29) is 18.9 Å². The molecule has 0 spiro atoms. The van der Waals surface area contributed by atoms with Crippen LogP contribution in [0.2, 0.25) is 5.02 Å². The van der Waals surface area contributed by atoms with E-state index in [1.54, 1.807) is 24.3 Å². The Bertz CT molecular complexity index is 848. The van der Waals surface area contributed by atoms with E-state index in [2.05, 4.69) is 5.32 Å². The zero-order valence-electron chi connectivity index (χ0n) is 14.2. The van der Waals surface area contributed by atoms with Crippen molar-refractivity contribution in [3.05, 3.63) is 70.3 Å². The van der Waals surface area contributed by atoms with Crippen LogP contribution in [0.5, 0.6) is 5.75 Å². The Morgan fingerprint density at radius 1 is 1.23 bits per heavy atom. The number of rotatable bonds is 5. The molecule has 0 radical (unpaired) electrons. The maximum Gasteiger partial charge on any atom is 0.307 e. The van der Waals surface area contributed by atoms with Gasteiger partial charge in [-0.15, -0.1) is 0 Å². The van der Waals surface area contributed by atoms with E-state index in [1.807, 2.05) is 30.3 Å². The molecule has 1 aliphatic rings. The van der Waals surface area contributed by atoms with Gasteiger partial charge < -0.3 is 14.8 Å². The average molecular weight is 372 g/mol. The third-order valence-electron chi connectivity index (χ3n) is 4.08. The highest BCUT2D eigenvalue weighted by molar-refractivity contribution is 6.30. The van der Waals surface area contributed by atoms with Crippen LogP contribution in [-0.4, -0.2) is 25.6 Å². The number of methoxy groups -OCH3 is 1. The molecular weight excluding hydrogens is 354 g/mol. The summed E-state index contributed by atoms with van der Waals surface area (Å²) in [5.41, 5.74) is 2.04. The third kappa shape index (κ3) is 4.24. The van der Waals surface area contributed by atoms with Crippen LogP contribution in [0, 0.1) is 0 Å². The van der Waals surface area contributed by atoms with Gasteiger partial charge in [-0.2, -0.15) is 0 Å². The number of hydrogen-bond donors (Lipinski definition) is 1. The number of benzene rings is 2. The van der Waals surface area contributed by atoms with Gasteiger partial charge in [0.2, 0.25) is 0 Å². The standard InChI is InChI=1S/C20H18ClNO4/c1-25-19(23)11-17(13-5-3-2-4-6-13)22-20(24)15-9-14-10-16(21)7-8-18(14)26-12-15/h2-10,17H,11-12H2,1H3,(H,22,24)/t17-/m1/s1. The van der Waals surface area contributed by atoms with Gasteiger partial charge >= 0.3 is 5.97 Å². The molecule has 5 nitrogen and oxygen atoms in total. The summed E-state index contributed by atoms with van der Waals surface area (Å²) in [6.07, 6.45) is 1.79. The number of nitrogens with one attached hydrogen (secondary N) is 1. The van der Waals surface area contributed by atoms with Crippen molar-refractivity contribution in [3.63, 3.8) is 0 Å². The maximum atomic E-state index is 12.7. The lowest BCUT2D eigenvalue weighted by atomic mass is 10.0. The molecule has 1 aliphatic heterocycles. The molecule has 0 aromatic heterocycles. The molecule has 0 unspecified atom stereocenters. The second-order valence-corrected chi connectivity index (χ2v) is 6.29. The monoisotopic (exact) mass is 371 g/mol. The maximum absolute atomic E-state index is 12.7. The Labute approximate surface area is 156 Å². The summed E-state index contributed by atoms with van der Waals surface area (Å²) in [5, 5.41) is 3.46. The average Bonchev–Trinajstić information content (AvgIpc) is 2.67. The van der Waals surface area contributed by atoms with Crippen molar-refractivity contribution in [1.82, 2.24) is 5.32 Å². The predicted octanol–water partition coefficient (Wildman–Crippen LogP) is 3.54. The number of carbonyl (C=O) groups excluding carboxylic acids is 2. The smallest absolute Gasteiger partial charge is 0.307 e. The SMILES string of the molecule is COC(=O)C[C@@H](NC(=O)C1=Cc2cc(Cl)ccc2OC1)c1ccccc1. The summed E-state index contributed by atoms with van der Waals surface area (Å²) in [6, 6.07) is 14.1. The molecule has 2 aromatic rings. The summed E-state index contributed by atoms with van der Waals surface area (Å²) in [5.74, 6) is -0.0151. The number of carbonyl (C=O) groups is 2. The van der Waals surface area contributed by atoms with E-state index in [0.29, 0.717) is 16.3 Å². The van der Waals surface area contributed by atoms with E-state index in [1.165, 1.54) is 7.11 Å². The Balaban J connectivity index is 1.80. The zero-order chi connectivity index (χ0) is 18.5. The molecule has 1 heterocycles. The van der Waals surface area contributed by atoms with Crippen molar-refractivity contribution >= 4 is 29.6 Å². The highest BCUT2D eigenvalue weighted by Crippen LogP contribution is 2.29. The molecule has 0 saturated heterocycles. The van der Waals surface area contributed by atoms with Gasteiger partial charge in [-0.05, 0) is 29.8 Å². The van der Waals surface area contributed by atoms with Gasteiger partial charge in [-0.1, -0.05) is 41.9 Å². The van der Waals surface area contributed by atoms with Crippen LogP contribution in [0.25, 0.3) is 6.08 Å². The summed E-state index contributed by atoms with van der Waals surface area (Å²) in [6.45, 7) is 0.153. The fraction of sp³-hybridized carbons (Fsp3) is 0.200. The van der Waals surface area contributed by atoms with Gasteiger partial charge in [-0.3, -0.25) is 9.59 Å².